The molecule has 0 fully saturated rings. The minimum absolute atomic E-state index is 0.886. The highest BCUT2D eigenvalue weighted by Gasteiger charge is 1.94. The van der Waals surface area contributed by atoms with Crippen LogP contribution in [0.5, 0.6) is 0 Å². The molecule has 0 aliphatic carbocycles. The van der Waals surface area contributed by atoms with Crippen LogP contribution < -0.4 is 0 Å². The fourth-order valence-electron chi connectivity index (χ4n) is 1.08. The second kappa shape index (κ2) is 8.31. The Morgan fingerprint density at radius 3 is 2.50 bits per heavy atom. The van der Waals surface area contributed by atoms with Gasteiger partial charge >= 0.3 is 0 Å². The van der Waals surface area contributed by atoms with Gasteiger partial charge in [-0.3, -0.25) is 0 Å². The lowest BCUT2D eigenvalue weighted by Crippen LogP contribution is -1.82. The molecule has 0 saturated heterocycles. The van der Waals surface area contributed by atoms with Crippen LogP contribution in [0.4, 0.5) is 0 Å². The standard InChI is InChI=1S/C14H20/c1-5-8-9-10-12-13(4)14(7-3)11-6-2/h6-10,12H,2,4-5,11H2,1,3H3/b9-8-,12-10-,14-7-. The SMILES string of the molecule is C=CC/C(=C/C)C(=C)/C=C\C=C/CC. The first-order valence-electron chi connectivity index (χ1n) is 5.04. The second-order valence-corrected chi connectivity index (χ2v) is 3.03. The summed E-state index contributed by atoms with van der Waals surface area (Å²) in [6.07, 6.45) is 14.2. The van der Waals surface area contributed by atoms with Crippen LogP contribution in [0, 0.1) is 0 Å². The molecule has 0 unspecified atom stereocenters. The van der Waals surface area contributed by atoms with Gasteiger partial charge in [0.2, 0.25) is 0 Å². The van der Waals surface area contributed by atoms with Crippen LogP contribution in [0.2, 0.25) is 0 Å². The third kappa shape index (κ3) is 5.36. The van der Waals surface area contributed by atoms with Gasteiger partial charge in [-0.2, -0.15) is 0 Å². The van der Waals surface area contributed by atoms with Gasteiger partial charge in [0.1, 0.15) is 0 Å². The topological polar surface area (TPSA) is 0 Å². The van der Waals surface area contributed by atoms with Gasteiger partial charge < -0.3 is 0 Å². The van der Waals surface area contributed by atoms with E-state index >= 15 is 0 Å². The van der Waals surface area contributed by atoms with Crippen LogP contribution in [-0.2, 0) is 0 Å². The molecule has 76 valence electrons. The van der Waals surface area contributed by atoms with E-state index in [-0.39, 0.29) is 0 Å². The molecule has 0 atom stereocenters. The van der Waals surface area contributed by atoms with E-state index in [0.29, 0.717) is 0 Å². The van der Waals surface area contributed by atoms with E-state index in [9.17, 15) is 0 Å². The van der Waals surface area contributed by atoms with E-state index in [1.807, 2.05) is 31.2 Å². The number of rotatable bonds is 6. The van der Waals surface area contributed by atoms with E-state index in [0.717, 1.165) is 18.4 Å². The quantitative estimate of drug-likeness (QED) is 0.422. The average molecular weight is 188 g/mol. The fourth-order valence-corrected chi connectivity index (χ4v) is 1.08. The molecule has 0 N–H and O–H groups in total. The maximum absolute atomic E-state index is 4.01. The predicted octanol–water partition coefficient (Wildman–Crippen LogP) is 4.59. The summed E-state index contributed by atoms with van der Waals surface area (Å²) in [6.45, 7) is 11.9. The molecule has 14 heavy (non-hydrogen) atoms. The molecule has 0 nitrogen and oxygen atoms in total. The summed E-state index contributed by atoms with van der Waals surface area (Å²) in [5, 5.41) is 0. The van der Waals surface area contributed by atoms with Gasteiger partial charge in [0, 0.05) is 0 Å². The fraction of sp³-hybridized carbons (Fsp3) is 0.286. The predicted molar refractivity (Wildman–Crippen MR) is 66.3 cm³/mol. The first kappa shape index (κ1) is 12.7. The summed E-state index contributed by atoms with van der Waals surface area (Å²) < 4.78 is 0. The maximum atomic E-state index is 4.01. The summed E-state index contributed by atoms with van der Waals surface area (Å²) >= 11 is 0. The maximum Gasteiger partial charge on any atom is -0.00977 e. The zero-order valence-corrected chi connectivity index (χ0v) is 9.29. The molecular weight excluding hydrogens is 168 g/mol. The van der Waals surface area contributed by atoms with Gasteiger partial charge in [-0.25, -0.2) is 0 Å². The number of hydrogen-bond acceptors (Lipinski definition) is 0. The van der Waals surface area contributed by atoms with Crippen molar-refractivity contribution in [2.24, 2.45) is 0 Å². The highest BCUT2D eigenvalue weighted by Crippen LogP contribution is 2.13. The van der Waals surface area contributed by atoms with Crippen LogP contribution in [0.3, 0.4) is 0 Å². The lowest BCUT2D eigenvalue weighted by molar-refractivity contribution is 1.22. The van der Waals surface area contributed by atoms with Gasteiger partial charge in [0.25, 0.3) is 0 Å². The Bertz CT molecular complexity index is 262. The van der Waals surface area contributed by atoms with Crippen molar-refractivity contribution in [2.45, 2.75) is 26.7 Å². The van der Waals surface area contributed by atoms with Crippen molar-refractivity contribution in [3.05, 3.63) is 60.8 Å². The van der Waals surface area contributed by atoms with Crippen molar-refractivity contribution in [3.8, 4) is 0 Å². The van der Waals surface area contributed by atoms with E-state index in [4.69, 9.17) is 0 Å². The molecule has 0 radical (unpaired) electrons. The van der Waals surface area contributed by atoms with E-state index < -0.39 is 0 Å². The van der Waals surface area contributed by atoms with Gasteiger partial charge in [-0.05, 0) is 30.9 Å². The van der Waals surface area contributed by atoms with E-state index in [2.05, 4.69) is 32.2 Å². The highest BCUT2D eigenvalue weighted by molar-refractivity contribution is 5.39. The summed E-state index contributed by atoms with van der Waals surface area (Å²) in [4.78, 5) is 0. The average Bonchev–Trinajstić information content (AvgIpc) is 2.20. The van der Waals surface area contributed by atoms with E-state index in [1.54, 1.807) is 0 Å². The summed E-state index contributed by atoms with van der Waals surface area (Å²) in [5.74, 6) is 0. The third-order valence-corrected chi connectivity index (χ3v) is 1.91. The van der Waals surface area contributed by atoms with Crippen LogP contribution in [0.1, 0.15) is 26.7 Å². The Morgan fingerprint density at radius 1 is 1.29 bits per heavy atom. The minimum atomic E-state index is 0.886. The van der Waals surface area contributed by atoms with Gasteiger partial charge in [0.05, 0.1) is 0 Å². The van der Waals surface area contributed by atoms with Gasteiger partial charge in [0.15, 0.2) is 0 Å². The molecule has 0 spiro atoms. The summed E-state index contributed by atoms with van der Waals surface area (Å²) in [6, 6.07) is 0. The first-order valence-corrected chi connectivity index (χ1v) is 5.04. The Kier molecular flexibility index (Phi) is 7.53. The van der Waals surface area contributed by atoms with Crippen molar-refractivity contribution in [1.29, 1.82) is 0 Å². The number of allylic oxidation sites excluding steroid dienone is 8. The summed E-state index contributed by atoms with van der Waals surface area (Å²) in [5.41, 5.74) is 2.30. The molecule has 0 heteroatoms. The lowest BCUT2D eigenvalue weighted by Gasteiger charge is -2.02. The summed E-state index contributed by atoms with van der Waals surface area (Å²) in [7, 11) is 0. The van der Waals surface area contributed by atoms with Crippen molar-refractivity contribution < 1.29 is 0 Å². The van der Waals surface area contributed by atoms with Gasteiger partial charge in [-0.15, -0.1) is 6.58 Å². The van der Waals surface area contributed by atoms with Gasteiger partial charge in [-0.1, -0.05) is 50.0 Å². The zero-order valence-electron chi connectivity index (χ0n) is 9.29. The van der Waals surface area contributed by atoms with Crippen LogP contribution in [-0.4, -0.2) is 0 Å². The molecule has 0 saturated carbocycles. The van der Waals surface area contributed by atoms with Crippen molar-refractivity contribution >= 4 is 0 Å². The van der Waals surface area contributed by atoms with Crippen molar-refractivity contribution in [1.82, 2.24) is 0 Å². The molecule has 0 bridgehead atoms. The Labute approximate surface area is 88.0 Å². The zero-order chi connectivity index (χ0) is 10.8. The smallest absolute Gasteiger partial charge is 0.00977 e. The Hall–Kier alpha value is -1.30. The monoisotopic (exact) mass is 188 g/mol. The molecule has 0 heterocycles. The molecule has 0 rings (SSSR count). The minimum Gasteiger partial charge on any atom is -0.103 e. The van der Waals surface area contributed by atoms with Crippen molar-refractivity contribution in [3.63, 3.8) is 0 Å². The van der Waals surface area contributed by atoms with Crippen molar-refractivity contribution in [2.75, 3.05) is 0 Å². The molecule has 0 aliphatic rings. The third-order valence-electron chi connectivity index (χ3n) is 1.91. The normalized spacial score (nSPS) is 12.6. The molecule has 0 aromatic carbocycles. The first-order chi connectivity index (χ1) is 6.76. The molecule has 0 aromatic rings. The molecule has 0 aromatic heterocycles. The molecular formula is C14H20. The molecule has 0 amide bonds. The Balaban J connectivity index is 4.24. The largest absolute Gasteiger partial charge is 0.103 e. The second-order valence-electron chi connectivity index (χ2n) is 3.03. The molecule has 0 aliphatic heterocycles. The number of hydrogen-bond donors (Lipinski definition) is 0. The lowest BCUT2D eigenvalue weighted by atomic mass is 10.0. The van der Waals surface area contributed by atoms with E-state index in [1.165, 1.54) is 5.57 Å². The van der Waals surface area contributed by atoms with Crippen LogP contribution in [0.15, 0.2) is 60.8 Å². The Morgan fingerprint density at radius 2 is 2.00 bits per heavy atom. The van der Waals surface area contributed by atoms with Crippen LogP contribution in [0.25, 0.3) is 0 Å². The van der Waals surface area contributed by atoms with Crippen LogP contribution >= 0.6 is 0 Å². The highest BCUT2D eigenvalue weighted by atomic mass is 14.0.